The van der Waals surface area contributed by atoms with Gasteiger partial charge in [-0.25, -0.2) is 0 Å². The van der Waals surface area contributed by atoms with E-state index in [0.29, 0.717) is 10.5 Å². The SMILES string of the molecule is OB(O)c1cccc(N(c2ccccc2)c2cccc(N(c3ccccc3)c3csc4ccccc34)c2Cl)c1. The maximum atomic E-state index is 9.87. The minimum Gasteiger partial charge on any atom is -0.423 e. The molecule has 6 rings (SSSR count). The first-order chi connectivity index (χ1) is 19.1. The summed E-state index contributed by atoms with van der Waals surface area (Å²) in [6, 6.07) is 41.7. The Morgan fingerprint density at radius 3 is 1.82 bits per heavy atom. The van der Waals surface area contributed by atoms with Crippen LogP contribution in [0.1, 0.15) is 0 Å². The zero-order valence-electron chi connectivity index (χ0n) is 20.9. The van der Waals surface area contributed by atoms with Gasteiger partial charge in [0.1, 0.15) is 0 Å². The fourth-order valence-corrected chi connectivity index (χ4v) is 6.03. The molecule has 1 heterocycles. The molecule has 5 aromatic carbocycles. The highest BCUT2D eigenvalue weighted by atomic mass is 35.5. The van der Waals surface area contributed by atoms with Gasteiger partial charge in [0.15, 0.2) is 0 Å². The van der Waals surface area contributed by atoms with Gasteiger partial charge in [-0.1, -0.05) is 84.4 Å². The van der Waals surface area contributed by atoms with E-state index < -0.39 is 7.12 Å². The normalized spacial score (nSPS) is 10.9. The van der Waals surface area contributed by atoms with Gasteiger partial charge in [0.25, 0.3) is 0 Å². The Morgan fingerprint density at radius 1 is 0.564 bits per heavy atom. The molecular formula is C32H24BClN2O2S. The number of para-hydroxylation sites is 2. The van der Waals surface area contributed by atoms with Gasteiger partial charge in [0, 0.05) is 32.5 Å². The van der Waals surface area contributed by atoms with Crippen molar-refractivity contribution >= 4 is 79.7 Å². The van der Waals surface area contributed by atoms with Gasteiger partial charge in [-0.05, 0) is 60.1 Å². The van der Waals surface area contributed by atoms with E-state index in [4.69, 9.17) is 11.6 Å². The summed E-state index contributed by atoms with van der Waals surface area (Å²) in [5.41, 5.74) is 5.71. The minimum absolute atomic E-state index is 0.399. The van der Waals surface area contributed by atoms with Crippen molar-refractivity contribution in [1.82, 2.24) is 0 Å². The molecule has 0 bridgehead atoms. The van der Waals surface area contributed by atoms with Crippen molar-refractivity contribution < 1.29 is 10.0 Å². The smallest absolute Gasteiger partial charge is 0.423 e. The van der Waals surface area contributed by atoms with E-state index in [2.05, 4.69) is 46.7 Å². The molecule has 0 aliphatic rings. The topological polar surface area (TPSA) is 46.9 Å². The van der Waals surface area contributed by atoms with Crippen LogP contribution in [0.4, 0.5) is 34.1 Å². The van der Waals surface area contributed by atoms with Crippen molar-refractivity contribution in [3.05, 3.63) is 138 Å². The number of halogens is 1. The lowest BCUT2D eigenvalue weighted by Gasteiger charge is -2.31. The molecule has 0 radical (unpaired) electrons. The summed E-state index contributed by atoms with van der Waals surface area (Å²) in [5.74, 6) is 0. The Morgan fingerprint density at radius 2 is 1.13 bits per heavy atom. The Balaban J connectivity index is 1.57. The van der Waals surface area contributed by atoms with Crippen molar-refractivity contribution in [3.63, 3.8) is 0 Å². The maximum Gasteiger partial charge on any atom is 0.488 e. The second-order valence-corrected chi connectivity index (χ2v) is 10.3. The molecule has 1 aromatic heterocycles. The predicted molar refractivity (Wildman–Crippen MR) is 166 cm³/mol. The summed E-state index contributed by atoms with van der Waals surface area (Å²) in [6.45, 7) is 0. The lowest BCUT2D eigenvalue weighted by atomic mass is 9.80. The first-order valence-electron chi connectivity index (χ1n) is 12.5. The number of hydrogen-bond acceptors (Lipinski definition) is 5. The monoisotopic (exact) mass is 546 g/mol. The minimum atomic E-state index is -1.58. The van der Waals surface area contributed by atoms with Gasteiger partial charge >= 0.3 is 7.12 Å². The molecule has 0 unspecified atom stereocenters. The molecule has 0 saturated heterocycles. The third-order valence-corrected chi connectivity index (χ3v) is 7.93. The van der Waals surface area contributed by atoms with Crippen molar-refractivity contribution in [2.24, 2.45) is 0 Å². The van der Waals surface area contributed by atoms with E-state index in [1.165, 1.54) is 4.70 Å². The van der Waals surface area contributed by atoms with E-state index >= 15 is 0 Å². The van der Waals surface area contributed by atoms with Crippen LogP contribution in [0.2, 0.25) is 5.02 Å². The van der Waals surface area contributed by atoms with E-state index in [9.17, 15) is 10.0 Å². The van der Waals surface area contributed by atoms with Crippen molar-refractivity contribution in [2.75, 3.05) is 9.80 Å². The molecule has 0 spiro atoms. The van der Waals surface area contributed by atoms with Crippen LogP contribution in [-0.2, 0) is 0 Å². The van der Waals surface area contributed by atoms with Crippen LogP contribution in [0, 0.1) is 0 Å². The summed E-state index contributed by atoms with van der Waals surface area (Å²) in [5, 5.41) is 23.6. The molecule has 0 saturated carbocycles. The number of nitrogens with zero attached hydrogens (tertiary/aromatic N) is 2. The zero-order valence-corrected chi connectivity index (χ0v) is 22.4. The van der Waals surface area contributed by atoms with Crippen LogP contribution in [0.15, 0.2) is 133 Å². The fourth-order valence-electron chi connectivity index (χ4n) is 4.80. The molecular weight excluding hydrogens is 523 g/mol. The van der Waals surface area contributed by atoms with Crippen molar-refractivity contribution in [2.45, 2.75) is 0 Å². The number of thiophene rings is 1. The number of rotatable bonds is 7. The van der Waals surface area contributed by atoms with Crippen LogP contribution in [0.5, 0.6) is 0 Å². The first-order valence-corrected chi connectivity index (χ1v) is 13.8. The zero-order chi connectivity index (χ0) is 26.8. The molecule has 0 atom stereocenters. The summed E-state index contributed by atoms with van der Waals surface area (Å²) >= 11 is 9.04. The third-order valence-electron chi connectivity index (χ3n) is 6.60. The van der Waals surface area contributed by atoms with E-state index in [1.807, 2.05) is 83.8 Å². The number of fused-ring (bicyclic) bond motifs is 1. The highest BCUT2D eigenvalue weighted by molar-refractivity contribution is 7.17. The predicted octanol–water partition coefficient (Wildman–Crippen LogP) is 8.17. The molecule has 7 heteroatoms. The lowest BCUT2D eigenvalue weighted by Crippen LogP contribution is -2.30. The number of benzene rings is 5. The first kappa shape index (κ1) is 25.2. The third kappa shape index (κ3) is 4.91. The molecule has 6 aromatic rings. The lowest BCUT2D eigenvalue weighted by molar-refractivity contribution is 0.426. The van der Waals surface area contributed by atoms with Crippen LogP contribution >= 0.6 is 22.9 Å². The standard InChI is InChI=1S/C32H24BClN2O2S/c34-32-28(35(24-12-3-1-4-13-24)26-16-9-11-23(21-26)33(37)38)18-10-19-29(32)36(25-14-5-2-6-15-25)30-22-39-31-20-8-7-17-27(30)31/h1-22,37-38H. The van der Waals surface area contributed by atoms with Gasteiger partial charge < -0.3 is 19.8 Å². The van der Waals surface area contributed by atoms with E-state index in [1.54, 1.807) is 23.5 Å². The molecule has 4 nitrogen and oxygen atoms in total. The molecule has 39 heavy (non-hydrogen) atoms. The fraction of sp³-hybridized carbons (Fsp3) is 0. The van der Waals surface area contributed by atoms with Crippen LogP contribution in [-0.4, -0.2) is 17.2 Å². The van der Waals surface area contributed by atoms with Gasteiger partial charge in [-0.15, -0.1) is 11.3 Å². The van der Waals surface area contributed by atoms with Gasteiger partial charge in [0.2, 0.25) is 0 Å². The summed E-state index contributed by atoms with van der Waals surface area (Å²) in [4.78, 5) is 4.23. The molecule has 0 amide bonds. The Labute approximate surface area is 236 Å². The van der Waals surface area contributed by atoms with Gasteiger partial charge in [-0.3, -0.25) is 0 Å². The largest absolute Gasteiger partial charge is 0.488 e. The van der Waals surface area contributed by atoms with Crippen LogP contribution < -0.4 is 15.3 Å². The summed E-state index contributed by atoms with van der Waals surface area (Å²) in [6.07, 6.45) is 0. The molecule has 0 aliphatic carbocycles. The highest BCUT2D eigenvalue weighted by Gasteiger charge is 2.24. The van der Waals surface area contributed by atoms with E-state index in [-0.39, 0.29) is 0 Å². The molecule has 190 valence electrons. The van der Waals surface area contributed by atoms with Gasteiger partial charge in [-0.2, -0.15) is 0 Å². The average Bonchev–Trinajstić information content (AvgIpc) is 3.40. The molecule has 2 N–H and O–H groups in total. The second-order valence-electron chi connectivity index (χ2n) is 9.04. The average molecular weight is 547 g/mol. The number of anilines is 6. The van der Waals surface area contributed by atoms with Crippen molar-refractivity contribution in [3.8, 4) is 0 Å². The molecule has 0 aliphatic heterocycles. The Kier molecular flexibility index (Phi) is 7.09. The van der Waals surface area contributed by atoms with Gasteiger partial charge in [0.05, 0.1) is 22.1 Å². The summed E-state index contributed by atoms with van der Waals surface area (Å²) < 4.78 is 1.20. The molecule has 0 fully saturated rings. The van der Waals surface area contributed by atoms with Crippen LogP contribution in [0.3, 0.4) is 0 Å². The van der Waals surface area contributed by atoms with E-state index in [0.717, 1.165) is 39.5 Å². The van der Waals surface area contributed by atoms with Crippen molar-refractivity contribution in [1.29, 1.82) is 0 Å². The quantitative estimate of drug-likeness (QED) is 0.198. The maximum absolute atomic E-state index is 9.87. The summed E-state index contributed by atoms with van der Waals surface area (Å²) in [7, 11) is -1.58. The highest BCUT2D eigenvalue weighted by Crippen LogP contribution is 2.48. The number of hydrogen-bond donors (Lipinski definition) is 2. The second kappa shape index (κ2) is 11.0. The van der Waals surface area contributed by atoms with Crippen LogP contribution in [0.25, 0.3) is 10.1 Å². The Bertz CT molecular complexity index is 1730. The Hall–Kier alpha value is -4.07.